The maximum atomic E-state index is 12.5. The number of nitrogens with one attached hydrogen (secondary N) is 2. The average Bonchev–Trinajstić information content (AvgIpc) is 3.27. The number of fused-ring (bicyclic) bond motifs is 1. The van der Waals surface area contributed by atoms with E-state index in [1.807, 2.05) is 24.3 Å². The fourth-order valence-electron chi connectivity index (χ4n) is 4.11. The van der Waals surface area contributed by atoms with Gasteiger partial charge in [0.15, 0.2) is 0 Å². The summed E-state index contributed by atoms with van der Waals surface area (Å²) in [7, 11) is 1.33. The van der Waals surface area contributed by atoms with Gasteiger partial charge in [-0.05, 0) is 49.6 Å². The summed E-state index contributed by atoms with van der Waals surface area (Å²) in [5, 5.41) is 6.38. The highest BCUT2D eigenvalue weighted by Crippen LogP contribution is 2.39. The number of halogens is 1. The van der Waals surface area contributed by atoms with E-state index in [1.54, 1.807) is 20.8 Å². The standard InChI is InChI=1S/C18H20BrNO4.C8H9N/c1-5-24-18(22)15-11(3)20-10(2)14(17(21)23-4)16(15)12-7-6-8-13(19)9-12;1-2-4-8-6-9-5-7(8)3-1/h6-9,16,20H,5H2,1-4H3;1-4,9H,5-6H2. The van der Waals surface area contributed by atoms with Crippen LogP contribution in [0.1, 0.15) is 43.4 Å². The Hall–Kier alpha value is -2.90. The molecule has 2 heterocycles. The van der Waals surface area contributed by atoms with Gasteiger partial charge in [0, 0.05) is 29.0 Å². The van der Waals surface area contributed by atoms with Gasteiger partial charge in [-0.25, -0.2) is 9.59 Å². The van der Waals surface area contributed by atoms with E-state index >= 15 is 0 Å². The monoisotopic (exact) mass is 512 g/mol. The summed E-state index contributed by atoms with van der Waals surface area (Å²) in [6.07, 6.45) is 0. The first-order valence-corrected chi connectivity index (χ1v) is 11.6. The number of hydrogen-bond donors (Lipinski definition) is 2. The molecule has 6 nitrogen and oxygen atoms in total. The van der Waals surface area contributed by atoms with Crippen molar-refractivity contribution < 1.29 is 19.1 Å². The zero-order chi connectivity index (χ0) is 24.0. The van der Waals surface area contributed by atoms with Crippen LogP contribution in [0.25, 0.3) is 0 Å². The Morgan fingerprint density at radius 3 is 2.12 bits per heavy atom. The Kier molecular flexibility index (Phi) is 8.47. The zero-order valence-electron chi connectivity index (χ0n) is 19.3. The quantitative estimate of drug-likeness (QED) is 0.577. The molecule has 0 bridgehead atoms. The van der Waals surface area contributed by atoms with Crippen molar-refractivity contribution in [3.63, 3.8) is 0 Å². The number of ether oxygens (including phenoxy) is 2. The van der Waals surface area contributed by atoms with Crippen LogP contribution in [0.5, 0.6) is 0 Å². The van der Waals surface area contributed by atoms with E-state index in [0.29, 0.717) is 22.5 Å². The number of esters is 2. The fourth-order valence-corrected chi connectivity index (χ4v) is 4.52. The molecule has 2 aliphatic rings. The summed E-state index contributed by atoms with van der Waals surface area (Å²) >= 11 is 3.44. The van der Waals surface area contributed by atoms with Crippen molar-refractivity contribution in [3.05, 3.63) is 92.2 Å². The van der Waals surface area contributed by atoms with Crippen LogP contribution < -0.4 is 10.6 Å². The normalized spacial score (nSPS) is 16.9. The molecule has 0 spiro atoms. The first-order valence-electron chi connectivity index (χ1n) is 10.8. The molecule has 2 aromatic carbocycles. The third kappa shape index (κ3) is 5.72. The molecular formula is C26H29BrN2O4. The second-order valence-corrected chi connectivity index (χ2v) is 8.69. The van der Waals surface area contributed by atoms with Crippen molar-refractivity contribution >= 4 is 27.9 Å². The molecule has 2 aromatic rings. The molecule has 1 unspecified atom stereocenters. The van der Waals surface area contributed by atoms with Crippen molar-refractivity contribution in [2.75, 3.05) is 13.7 Å². The molecule has 4 rings (SSSR count). The van der Waals surface area contributed by atoms with E-state index in [9.17, 15) is 9.59 Å². The molecule has 33 heavy (non-hydrogen) atoms. The minimum Gasteiger partial charge on any atom is -0.466 e. The highest BCUT2D eigenvalue weighted by Gasteiger charge is 2.37. The first-order chi connectivity index (χ1) is 15.9. The predicted molar refractivity (Wildman–Crippen MR) is 131 cm³/mol. The summed E-state index contributed by atoms with van der Waals surface area (Å²) < 4.78 is 11.0. The average molecular weight is 513 g/mol. The molecule has 0 saturated carbocycles. The third-order valence-corrected chi connectivity index (χ3v) is 6.09. The largest absolute Gasteiger partial charge is 0.466 e. The third-order valence-electron chi connectivity index (χ3n) is 5.59. The summed E-state index contributed by atoms with van der Waals surface area (Å²) in [5.41, 5.74) is 5.88. The van der Waals surface area contributed by atoms with Gasteiger partial charge >= 0.3 is 11.9 Å². The molecule has 2 N–H and O–H groups in total. The van der Waals surface area contributed by atoms with Crippen LogP contribution in [0.2, 0.25) is 0 Å². The lowest BCUT2D eigenvalue weighted by molar-refractivity contribution is -0.139. The van der Waals surface area contributed by atoms with E-state index in [4.69, 9.17) is 9.47 Å². The van der Waals surface area contributed by atoms with Crippen LogP contribution in [-0.4, -0.2) is 25.7 Å². The van der Waals surface area contributed by atoms with Crippen molar-refractivity contribution in [1.82, 2.24) is 10.6 Å². The lowest BCUT2D eigenvalue weighted by Gasteiger charge is -2.30. The first kappa shape index (κ1) is 24.7. The van der Waals surface area contributed by atoms with Crippen molar-refractivity contribution in [1.29, 1.82) is 0 Å². The van der Waals surface area contributed by atoms with Crippen LogP contribution in [-0.2, 0) is 32.2 Å². The molecule has 2 aliphatic heterocycles. The van der Waals surface area contributed by atoms with Gasteiger partial charge in [0.1, 0.15) is 0 Å². The van der Waals surface area contributed by atoms with Gasteiger partial charge in [0.2, 0.25) is 0 Å². The molecule has 174 valence electrons. The van der Waals surface area contributed by atoms with Crippen LogP contribution in [0.15, 0.2) is 75.5 Å². The van der Waals surface area contributed by atoms with E-state index in [0.717, 1.165) is 23.1 Å². The number of hydrogen-bond acceptors (Lipinski definition) is 6. The lowest BCUT2D eigenvalue weighted by atomic mass is 9.80. The Labute approximate surface area is 203 Å². The molecule has 0 amide bonds. The van der Waals surface area contributed by atoms with E-state index in [2.05, 4.69) is 50.8 Å². The highest BCUT2D eigenvalue weighted by atomic mass is 79.9. The number of carbonyl (C=O) groups is 2. The van der Waals surface area contributed by atoms with Crippen molar-refractivity contribution in [2.24, 2.45) is 0 Å². The van der Waals surface area contributed by atoms with Gasteiger partial charge in [-0.3, -0.25) is 0 Å². The van der Waals surface area contributed by atoms with Crippen molar-refractivity contribution in [2.45, 2.75) is 39.8 Å². The minimum atomic E-state index is -0.546. The number of allylic oxidation sites excluding steroid dienone is 2. The van der Waals surface area contributed by atoms with Gasteiger partial charge in [0.25, 0.3) is 0 Å². The fraction of sp³-hybridized carbons (Fsp3) is 0.308. The molecule has 0 aromatic heterocycles. The van der Waals surface area contributed by atoms with Crippen molar-refractivity contribution in [3.8, 4) is 0 Å². The van der Waals surface area contributed by atoms with Gasteiger partial charge in [-0.1, -0.05) is 52.3 Å². The Bertz CT molecular complexity index is 1080. The molecular weight excluding hydrogens is 484 g/mol. The number of dihydropyridines is 1. The topological polar surface area (TPSA) is 76.7 Å². The smallest absolute Gasteiger partial charge is 0.336 e. The second kappa shape index (κ2) is 11.3. The molecule has 1 atom stereocenters. The van der Waals surface area contributed by atoms with Crippen LogP contribution >= 0.6 is 15.9 Å². The molecule has 7 heteroatoms. The van der Waals surface area contributed by atoms with Gasteiger partial charge < -0.3 is 20.1 Å². The van der Waals surface area contributed by atoms with Crippen LogP contribution in [0.3, 0.4) is 0 Å². The lowest BCUT2D eigenvalue weighted by Crippen LogP contribution is -2.32. The predicted octanol–water partition coefficient (Wildman–Crippen LogP) is 4.71. The summed E-state index contributed by atoms with van der Waals surface area (Å²) in [6, 6.07) is 16.0. The van der Waals surface area contributed by atoms with Crippen LogP contribution in [0, 0.1) is 0 Å². The zero-order valence-corrected chi connectivity index (χ0v) is 20.9. The highest BCUT2D eigenvalue weighted by molar-refractivity contribution is 9.10. The SMILES string of the molecule is CCOC(=O)C1=C(C)NC(C)=C(C(=O)OC)C1c1cccc(Br)c1.c1ccc2c(c1)CNC2. The summed E-state index contributed by atoms with van der Waals surface area (Å²) in [6.45, 7) is 7.71. The number of benzene rings is 2. The van der Waals surface area contributed by atoms with Crippen LogP contribution in [0.4, 0.5) is 0 Å². The van der Waals surface area contributed by atoms with Gasteiger partial charge in [-0.2, -0.15) is 0 Å². The summed E-state index contributed by atoms with van der Waals surface area (Å²) in [4.78, 5) is 24.9. The minimum absolute atomic E-state index is 0.261. The summed E-state index contributed by atoms with van der Waals surface area (Å²) in [5.74, 6) is -1.46. The van der Waals surface area contributed by atoms with E-state index in [-0.39, 0.29) is 6.61 Å². The Balaban J connectivity index is 0.000000280. The van der Waals surface area contributed by atoms with Gasteiger partial charge in [-0.15, -0.1) is 0 Å². The molecule has 0 radical (unpaired) electrons. The molecule has 0 fully saturated rings. The maximum absolute atomic E-state index is 12.5. The Morgan fingerprint density at radius 1 is 0.970 bits per heavy atom. The Morgan fingerprint density at radius 2 is 1.58 bits per heavy atom. The maximum Gasteiger partial charge on any atom is 0.336 e. The van der Waals surface area contributed by atoms with E-state index < -0.39 is 17.9 Å². The molecule has 0 saturated heterocycles. The number of methoxy groups -OCH3 is 1. The van der Waals surface area contributed by atoms with Gasteiger partial charge in [0.05, 0.1) is 30.8 Å². The molecule has 0 aliphatic carbocycles. The second-order valence-electron chi connectivity index (χ2n) is 7.77. The number of rotatable bonds is 4. The number of carbonyl (C=O) groups excluding carboxylic acids is 2. The van der Waals surface area contributed by atoms with E-state index in [1.165, 1.54) is 18.2 Å².